The molecule has 11 heteroatoms. The molecule has 1 fully saturated rings. The van der Waals surface area contributed by atoms with E-state index in [1.165, 1.54) is 24.3 Å². The van der Waals surface area contributed by atoms with Crippen LogP contribution in [0.3, 0.4) is 0 Å². The van der Waals surface area contributed by atoms with Crippen molar-refractivity contribution in [3.8, 4) is 0 Å². The van der Waals surface area contributed by atoms with Crippen LogP contribution in [0.15, 0.2) is 115 Å². The molecule has 0 aromatic heterocycles. The van der Waals surface area contributed by atoms with E-state index in [1.807, 2.05) is 84.7 Å². The number of amides is 3. The number of piperazine rings is 1. The summed E-state index contributed by atoms with van der Waals surface area (Å²) in [5, 5.41) is 0. The molecule has 0 radical (unpaired) electrons. The second kappa shape index (κ2) is 18.6. The van der Waals surface area contributed by atoms with E-state index < -0.39 is 23.7 Å². The van der Waals surface area contributed by atoms with E-state index in [0.29, 0.717) is 44.8 Å². The molecule has 0 spiro atoms. The number of nitrogens with zero attached hydrogens (tertiary/aromatic N) is 5. The third kappa shape index (κ3) is 11.3. The largest absolute Gasteiger partial charge is 0.416 e. The van der Waals surface area contributed by atoms with Gasteiger partial charge < -0.3 is 24.5 Å². The molecule has 1 saturated heterocycles. The first-order chi connectivity index (χ1) is 25.9. The summed E-state index contributed by atoms with van der Waals surface area (Å²) < 4.78 is 39.6. The van der Waals surface area contributed by atoms with Gasteiger partial charge in [-0.3, -0.25) is 14.4 Å². The highest BCUT2D eigenvalue weighted by molar-refractivity contribution is 5.95. The maximum Gasteiger partial charge on any atom is 0.416 e. The molecule has 4 aromatic rings. The van der Waals surface area contributed by atoms with Gasteiger partial charge in [-0.15, -0.1) is 0 Å². The Morgan fingerprint density at radius 1 is 0.722 bits per heavy atom. The lowest BCUT2D eigenvalue weighted by atomic mass is 10.0. The third-order valence-corrected chi connectivity index (χ3v) is 9.74. The topological polar surface area (TPSA) is 67.4 Å². The first-order valence-electron chi connectivity index (χ1n) is 18.1. The predicted octanol–water partition coefficient (Wildman–Crippen LogP) is 6.62. The average Bonchev–Trinajstić information content (AvgIpc) is 3.18. The smallest absolute Gasteiger partial charge is 0.368 e. The summed E-state index contributed by atoms with van der Waals surface area (Å²) in [6.07, 6.45) is -1.40. The molecule has 8 nitrogen and oxygen atoms in total. The summed E-state index contributed by atoms with van der Waals surface area (Å²) in [5.74, 6) is -0.599. The number of alkyl halides is 3. The number of rotatable bonds is 14. The average molecular weight is 740 g/mol. The van der Waals surface area contributed by atoms with Crippen LogP contribution >= 0.6 is 0 Å². The number of hydrogen-bond donors (Lipinski definition) is 0. The Morgan fingerprint density at radius 3 is 1.87 bits per heavy atom. The zero-order chi connectivity index (χ0) is 38.7. The van der Waals surface area contributed by atoms with E-state index >= 15 is 0 Å². The zero-order valence-corrected chi connectivity index (χ0v) is 31.1. The second-order valence-electron chi connectivity index (χ2n) is 13.8. The molecular weight excluding hydrogens is 691 g/mol. The number of carbonyl (C=O) groups excluding carboxylic acids is 3. The van der Waals surface area contributed by atoms with Crippen molar-refractivity contribution in [2.75, 3.05) is 58.3 Å². The molecular formula is C43H48F3N5O3. The van der Waals surface area contributed by atoms with Crippen LogP contribution in [0.1, 0.15) is 34.7 Å². The fraction of sp³-hybridized carbons (Fsp3) is 0.326. The van der Waals surface area contributed by atoms with Gasteiger partial charge in [0.05, 0.1) is 5.56 Å². The SMILES string of the molecule is CC(=O)N1CCN(c2ccc(CN(C(=O)C=Cc3ccc(C(F)(F)F)cc3)[C@@H](Cc3ccccc3)C(=O)N(C)CCN(C)Cc3ccccc3)cc2)CC1. The molecule has 0 aliphatic carbocycles. The molecule has 0 saturated carbocycles. The number of anilines is 1. The van der Waals surface area contributed by atoms with Crippen molar-refractivity contribution in [1.29, 1.82) is 0 Å². The van der Waals surface area contributed by atoms with Gasteiger partial charge in [-0.2, -0.15) is 13.2 Å². The summed E-state index contributed by atoms with van der Waals surface area (Å²) in [6, 6.07) is 31.2. The molecule has 1 aliphatic heterocycles. The fourth-order valence-corrected chi connectivity index (χ4v) is 6.50. The van der Waals surface area contributed by atoms with Gasteiger partial charge in [0.2, 0.25) is 17.7 Å². The highest BCUT2D eigenvalue weighted by atomic mass is 19.4. The van der Waals surface area contributed by atoms with Crippen molar-refractivity contribution in [2.24, 2.45) is 0 Å². The first kappa shape index (κ1) is 39.8. The van der Waals surface area contributed by atoms with E-state index in [4.69, 9.17) is 0 Å². The minimum Gasteiger partial charge on any atom is -0.368 e. The molecule has 1 heterocycles. The van der Waals surface area contributed by atoms with Crippen LogP contribution < -0.4 is 4.90 Å². The molecule has 0 N–H and O–H groups in total. The maximum atomic E-state index is 14.4. The summed E-state index contributed by atoms with van der Waals surface area (Å²) in [5.41, 5.74) is 3.51. The van der Waals surface area contributed by atoms with Crippen molar-refractivity contribution >= 4 is 29.5 Å². The minimum absolute atomic E-state index is 0.0616. The van der Waals surface area contributed by atoms with Gasteiger partial charge in [-0.25, -0.2) is 0 Å². The molecule has 1 aliphatic rings. The Kier molecular flexibility index (Phi) is 13.7. The molecule has 4 aromatic carbocycles. The van der Waals surface area contributed by atoms with E-state index in [9.17, 15) is 27.6 Å². The lowest BCUT2D eigenvalue weighted by Gasteiger charge is -2.36. The summed E-state index contributed by atoms with van der Waals surface area (Å²) in [6.45, 7) is 6.16. The molecule has 0 bridgehead atoms. The molecule has 3 amide bonds. The molecule has 5 rings (SSSR count). The Morgan fingerprint density at radius 2 is 1.30 bits per heavy atom. The van der Waals surface area contributed by atoms with Crippen LogP contribution in [0.2, 0.25) is 0 Å². The van der Waals surface area contributed by atoms with Gasteiger partial charge in [0.25, 0.3) is 0 Å². The highest BCUT2D eigenvalue weighted by Crippen LogP contribution is 2.29. The van der Waals surface area contributed by atoms with Gasteiger partial charge in [0.1, 0.15) is 6.04 Å². The fourth-order valence-electron chi connectivity index (χ4n) is 6.50. The molecule has 1 atom stereocenters. The standard InChI is InChI=1S/C43H48F3N5O3/c1-33(52)49-26-28-50(29-27-49)39-21-16-37(17-22-39)32-51(41(53)23-18-34-14-19-38(20-15-34)43(44,45)46)40(30-35-10-6-4-7-11-35)42(54)48(3)25-24-47(2)31-36-12-8-5-9-13-36/h4-23,40H,24-32H2,1-3H3/t40-/m0/s1. The van der Waals surface area contributed by atoms with Crippen LogP contribution in [-0.2, 0) is 40.1 Å². The Bertz CT molecular complexity index is 1840. The highest BCUT2D eigenvalue weighted by Gasteiger charge is 2.32. The van der Waals surface area contributed by atoms with Crippen LogP contribution in [-0.4, -0.2) is 96.7 Å². The van der Waals surface area contributed by atoms with Gasteiger partial charge in [-0.05, 0) is 59.6 Å². The maximum absolute atomic E-state index is 14.4. The number of likely N-dealkylation sites (N-methyl/N-ethyl adjacent to an activating group) is 2. The minimum atomic E-state index is -4.47. The molecule has 54 heavy (non-hydrogen) atoms. The Hall–Kier alpha value is -5.42. The zero-order valence-electron chi connectivity index (χ0n) is 31.1. The van der Waals surface area contributed by atoms with Crippen molar-refractivity contribution in [3.63, 3.8) is 0 Å². The van der Waals surface area contributed by atoms with Crippen LogP contribution in [0, 0.1) is 0 Å². The number of hydrogen-bond acceptors (Lipinski definition) is 5. The van der Waals surface area contributed by atoms with Gasteiger partial charge >= 0.3 is 6.18 Å². The monoisotopic (exact) mass is 739 g/mol. The van der Waals surface area contributed by atoms with Crippen molar-refractivity contribution < 1.29 is 27.6 Å². The number of halogens is 3. The Labute approximate surface area is 316 Å². The van der Waals surface area contributed by atoms with Crippen molar-refractivity contribution in [1.82, 2.24) is 19.6 Å². The summed E-state index contributed by atoms with van der Waals surface area (Å²) >= 11 is 0. The van der Waals surface area contributed by atoms with E-state index in [1.54, 1.807) is 23.8 Å². The van der Waals surface area contributed by atoms with Crippen LogP contribution in [0.4, 0.5) is 18.9 Å². The quantitative estimate of drug-likeness (QED) is 0.136. The van der Waals surface area contributed by atoms with Crippen LogP contribution in [0.25, 0.3) is 6.08 Å². The summed E-state index contributed by atoms with van der Waals surface area (Å²) in [7, 11) is 3.75. The number of carbonyl (C=O) groups is 3. The summed E-state index contributed by atoms with van der Waals surface area (Å²) in [4.78, 5) is 49.9. The van der Waals surface area contributed by atoms with Crippen LogP contribution in [0.5, 0.6) is 0 Å². The second-order valence-corrected chi connectivity index (χ2v) is 13.8. The van der Waals surface area contributed by atoms with Gasteiger partial charge in [-0.1, -0.05) is 84.9 Å². The van der Waals surface area contributed by atoms with Crippen molar-refractivity contribution in [3.05, 3.63) is 143 Å². The lowest BCUT2D eigenvalue weighted by molar-refractivity contribution is -0.143. The van der Waals surface area contributed by atoms with Gasteiger partial charge in [0.15, 0.2) is 0 Å². The molecule has 0 unspecified atom stereocenters. The lowest BCUT2D eigenvalue weighted by Crippen LogP contribution is -2.51. The van der Waals surface area contributed by atoms with Crippen molar-refractivity contribution in [2.45, 2.75) is 38.7 Å². The first-order valence-corrected chi connectivity index (χ1v) is 18.1. The van der Waals surface area contributed by atoms with E-state index in [2.05, 4.69) is 21.9 Å². The predicted molar refractivity (Wildman–Crippen MR) is 206 cm³/mol. The number of benzene rings is 4. The molecule has 284 valence electrons. The third-order valence-electron chi connectivity index (χ3n) is 9.74. The normalized spacial score (nSPS) is 14.0. The van der Waals surface area contributed by atoms with E-state index in [0.717, 1.165) is 41.1 Å². The Balaban J connectivity index is 1.40. The van der Waals surface area contributed by atoms with E-state index in [-0.39, 0.29) is 24.8 Å². The van der Waals surface area contributed by atoms with Gasteiger partial charge in [0, 0.05) is 84.5 Å².